The molecule has 0 unspecified atom stereocenters. The lowest BCUT2D eigenvalue weighted by Crippen LogP contribution is -2.15. The Morgan fingerprint density at radius 3 is 2.86 bits per heavy atom. The summed E-state index contributed by atoms with van der Waals surface area (Å²) in [5.41, 5.74) is 0.935. The van der Waals surface area contributed by atoms with E-state index in [9.17, 15) is 4.79 Å². The molecule has 2 aromatic heterocycles. The third kappa shape index (κ3) is 5.78. The Hall–Kier alpha value is -2.43. The standard InChI is InChI=1S/C18H19ClN6O2S2/c1-4-7-25-15(9-27-13-5-6-14(19)11(2)8-13)22-24-18(25)28-10-16(26)20-17-23-21-12(3)29-17/h4-6,8H,1,7,9-10H2,2-3H3,(H,20,23,26). The lowest BCUT2D eigenvalue weighted by Gasteiger charge is -2.10. The molecule has 3 aromatic rings. The van der Waals surface area contributed by atoms with Crippen molar-refractivity contribution in [1.82, 2.24) is 25.0 Å². The lowest BCUT2D eigenvalue weighted by molar-refractivity contribution is -0.113. The summed E-state index contributed by atoms with van der Waals surface area (Å²) in [6.07, 6.45) is 1.74. The number of allylic oxidation sites excluding steroid dienone is 1. The van der Waals surface area contributed by atoms with Crippen LogP contribution in [0.25, 0.3) is 0 Å². The minimum atomic E-state index is -0.186. The first-order chi connectivity index (χ1) is 14.0. The molecular formula is C18H19ClN6O2S2. The number of amides is 1. The predicted octanol–water partition coefficient (Wildman–Crippen LogP) is 3.90. The fourth-order valence-corrected chi connectivity index (χ4v) is 3.82. The minimum absolute atomic E-state index is 0.172. The summed E-state index contributed by atoms with van der Waals surface area (Å²) in [6, 6.07) is 5.46. The smallest absolute Gasteiger partial charge is 0.236 e. The number of carbonyl (C=O) groups is 1. The van der Waals surface area contributed by atoms with Crippen LogP contribution in [0.4, 0.5) is 5.13 Å². The number of thioether (sulfide) groups is 1. The van der Waals surface area contributed by atoms with Crippen molar-refractivity contribution >= 4 is 45.7 Å². The molecule has 1 aromatic carbocycles. The lowest BCUT2D eigenvalue weighted by atomic mass is 10.2. The summed E-state index contributed by atoms with van der Waals surface area (Å²) in [4.78, 5) is 12.1. The number of nitrogens with one attached hydrogen (secondary N) is 1. The number of halogens is 1. The second-order valence-corrected chi connectivity index (χ2v) is 8.49. The van der Waals surface area contributed by atoms with Crippen molar-refractivity contribution < 1.29 is 9.53 Å². The topological polar surface area (TPSA) is 94.8 Å². The zero-order chi connectivity index (χ0) is 20.8. The summed E-state index contributed by atoms with van der Waals surface area (Å²) in [5, 5.41) is 21.4. The Kier molecular flexibility index (Phi) is 7.24. The molecule has 0 aliphatic rings. The van der Waals surface area contributed by atoms with E-state index in [0.29, 0.717) is 33.4 Å². The van der Waals surface area contributed by atoms with Crippen molar-refractivity contribution in [3.8, 4) is 5.75 Å². The molecule has 11 heteroatoms. The Morgan fingerprint density at radius 2 is 2.17 bits per heavy atom. The van der Waals surface area contributed by atoms with Gasteiger partial charge in [0, 0.05) is 11.6 Å². The quantitative estimate of drug-likeness (QED) is 0.390. The van der Waals surface area contributed by atoms with Crippen molar-refractivity contribution in [2.45, 2.75) is 32.2 Å². The molecule has 1 amide bonds. The van der Waals surface area contributed by atoms with E-state index >= 15 is 0 Å². The second-order valence-electron chi connectivity index (χ2n) is 5.96. The highest BCUT2D eigenvalue weighted by molar-refractivity contribution is 7.99. The van der Waals surface area contributed by atoms with E-state index in [1.165, 1.54) is 23.1 Å². The molecule has 2 heterocycles. The number of anilines is 1. The normalized spacial score (nSPS) is 10.7. The average molecular weight is 451 g/mol. The van der Waals surface area contributed by atoms with Crippen LogP contribution in [0.15, 0.2) is 36.0 Å². The molecule has 0 aliphatic carbocycles. The highest BCUT2D eigenvalue weighted by Crippen LogP contribution is 2.23. The summed E-state index contributed by atoms with van der Waals surface area (Å²) < 4.78 is 7.68. The van der Waals surface area contributed by atoms with Crippen molar-refractivity contribution in [3.63, 3.8) is 0 Å². The van der Waals surface area contributed by atoms with Gasteiger partial charge in [-0.1, -0.05) is 40.8 Å². The number of hydrogen-bond acceptors (Lipinski definition) is 8. The van der Waals surface area contributed by atoms with Gasteiger partial charge < -0.3 is 4.74 Å². The summed E-state index contributed by atoms with van der Waals surface area (Å²) in [6.45, 7) is 8.26. The molecule has 0 saturated carbocycles. The fourth-order valence-electron chi connectivity index (χ4n) is 2.33. The number of benzene rings is 1. The van der Waals surface area contributed by atoms with E-state index in [-0.39, 0.29) is 18.3 Å². The Balaban J connectivity index is 1.62. The van der Waals surface area contributed by atoms with Gasteiger partial charge in [0.15, 0.2) is 11.0 Å². The minimum Gasteiger partial charge on any atom is -0.486 e. The summed E-state index contributed by atoms with van der Waals surface area (Å²) >= 11 is 8.65. The molecule has 29 heavy (non-hydrogen) atoms. The number of nitrogens with zero attached hydrogens (tertiary/aromatic N) is 5. The van der Waals surface area contributed by atoms with Crippen LogP contribution in [0.5, 0.6) is 5.75 Å². The Morgan fingerprint density at radius 1 is 1.34 bits per heavy atom. The number of aromatic nitrogens is 5. The van der Waals surface area contributed by atoms with Crippen molar-refractivity contribution in [2.24, 2.45) is 0 Å². The van der Waals surface area contributed by atoms with Crippen molar-refractivity contribution in [1.29, 1.82) is 0 Å². The molecule has 0 saturated heterocycles. The van der Waals surface area contributed by atoms with Gasteiger partial charge in [0.1, 0.15) is 17.4 Å². The zero-order valence-corrected chi connectivity index (χ0v) is 18.3. The van der Waals surface area contributed by atoms with E-state index in [4.69, 9.17) is 16.3 Å². The van der Waals surface area contributed by atoms with Crippen LogP contribution >= 0.6 is 34.7 Å². The molecule has 3 rings (SSSR count). The van der Waals surface area contributed by atoms with Gasteiger partial charge in [0.05, 0.1) is 5.75 Å². The third-order valence-corrected chi connectivity index (χ3v) is 5.85. The third-order valence-electron chi connectivity index (χ3n) is 3.71. The molecule has 1 N–H and O–H groups in total. The number of ether oxygens (including phenoxy) is 1. The average Bonchev–Trinajstić information content (AvgIpc) is 3.27. The van der Waals surface area contributed by atoms with Gasteiger partial charge in [-0.05, 0) is 37.6 Å². The molecule has 152 valence electrons. The molecule has 0 radical (unpaired) electrons. The van der Waals surface area contributed by atoms with E-state index in [1.807, 2.05) is 24.5 Å². The highest BCUT2D eigenvalue weighted by atomic mass is 35.5. The Labute approximate surface area is 181 Å². The second kappa shape index (κ2) is 9.86. The van der Waals surface area contributed by atoms with Crippen LogP contribution < -0.4 is 10.1 Å². The Bertz CT molecular complexity index is 1020. The van der Waals surface area contributed by atoms with Gasteiger partial charge in [0.2, 0.25) is 11.0 Å². The van der Waals surface area contributed by atoms with Crippen LogP contribution in [-0.4, -0.2) is 36.6 Å². The monoisotopic (exact) mass is 450 g/mol. The predicted molar refractivity (Wildman–Crippen MR) is 115 cm³/mol. The SMILES string of the molecule is C=CCn1c(COc2ccc(Cl)c(C)c2)nnc1SCC(=O)Nc1nnc(C)s1. The number of aryl methyl sites for hydroxylation is 2. The van der Waals surface area contributed by atoms with Gasteiger partial charge in [-0.15, -0.1) is 27.0 Å². The van der Waals surface area contributed by atoms with E-state index in [2.05, 4.69) is 32.3 Å². The fraction of sp³-hybridized carbons (Fsp3) is 0.278. The molecule has 0 bridgehead atoms. The summed E-state index contributed by atoms with van der Waals surface area (Å²) in [7, 11) is 0. The first-order valence-electron chi connectivity index (χ1n) is 8.61. The van der Waals surface area contributed by atoms with Crippen LogP contribution in [0.3, 0.4) is 0 Å². The van der Waals surface area contributed by atoms with E-state index in [0.717, 1.165) is 10.6 Å². The molecule has 0 fully saturated rings. The van der Waals surface area contributed by atoms with E-state index in [1.54, 1.807) is 18.2 Å². The largest absolute Gasteiger partial charge is 0.486 e. The molecule has 0 atom stereocenters. The first kappa shape index (κ1) is 21.3. The van der Waals surface area contributed by atoms with Crippen LogP contribution in [0.2, 0.25) is 5.02 Å². The van der Waals surface area contributed by atoms with Gasteiger partial charge in [0.25, 0.3) is 0 Å². The summed E-state index contributed by atoms with van der Waals surface area (Å²) in [5.74, 6) is 1.32. The maximum Gasteiger partial charge on any atom is 0.236 e. The van der Waals surface area contributed by atoms with Gasteiger partial charge in [-0.3, -0.25) is 14.7 Å². The van der Waals surface area contributed by atoms with Gasteiger partial charge in [-0.2, -0.15) is 0 Å². The molecule has 8 nitrogen and oxygen atoms in total. The van der Waals surface area contributed by atoms with E-state index < -0.39 is 0 Å². The van der Waals surface area contributed by atoms with Crippen molar-refractivity contribution in [2.75, 3.05) is 11.1 Å². The molecule has 0 spiro atoms. The number of hydrogen-bond donors (Lipinski definition) is 1. The first-order valence-corrected chi connectivity index (χ1v) is 10.8. The number of rotatable bonds is 9. The zero-order valence-electron chi connectivity index (χ0n) is 15.9. The van der Waals surface area contributed by atoms with Gasteiger partial charge >= 0.3 is 0 Å². The maximum atomic E-state index is 12.1. The van der Waals surface area contributed by atoms with Crippen LogP contribution in [0, 0.1) is 13.8 Å². The van der Waals surface area contributed by atoms with Crippen LogP contribution in [0.1, 0.15) is 16.4 Å². The molecule has 0 aliphatic heterocycles. The molecular weight excluding hydrogens is 432 g/mol. The van der Waals surface area contributed by atoms with Gasteiger partial charge in [-0.25, -0.2) is 0 Å². The highest BCUT2D eigenvalue weighted by Gasteiger charge is 2.15. The maximum absolute atomic E-state index is 12.1. The van der Waals surface area contributed by atoms with Crippen LogP contribution in [-0.2, 0) is 17.9 Å². The van der Waals surface area contributed by atoms with Crippen molar-refractivity contribution in [3.05, 3.63) is 52.3 Å². The number of carbonyl (C=O) groups excluding carboxylic acids is 1.